The van der Waals surface area contributed by atoms with Gasteiger partial charge in [-0.3, -0.25) is 9.36 Å². The molecule has 2 heterocycles. The number of carbonyl (C=O) groups is 1. The summed E-state index contributed by atoms with van der Waals surface area (Å²) in [5.74, 6) is -0.877. The third kappa shape index (κ3) is 3.98. The van der Waals surface area contributed by atoms with Gasteiger partial charge in [0.1, 0.15) is 23.3 Å². The first-order valence-corrected chi connectivity index (χ1v) is 9.76. The van der Waals surface area contributed by atoms with Crippen molar-refractivity contribution in [3.8, 4) is 11.1 Å². The summed E-state index contributed by atoms with van der Waals surface area (Å²) in [6, 6.07) is 5.14. The third-order valence-electron chi connectivity index (χ3n) is 4.38. The van der Waals surface area contributed by atoms with Crippen LogP contribution < -0.4 is 5.56 Å². The van der Waals surface area contributed by atoms with E-state index in [-0.39, 0.29) is 18.0 Å². The number of rotatable bonds is 7. The highest BCUT2D eigenvalue weighted by Crippen LogP contribution is 2.35. The molecule has 0 bridgehead atoms. The Hall–Kier alpha value is -2.58. The minimum Gasteiger partial charge on any atom is -0.462 e. The number of nitrogens with zero attached hydrogens (tertiary/aromatic N) is 2. The smallest absolute Gasteiger partial charge is 0.329 e. The monoisotopic (exact) mass is 404 g/mol. The molecule has 148 valence electrons. The van der Waals surface area contributed by atoms with Gasteiger partial charge >= 0.3 is 5.97 Å². The molecule has 0 aliphatic carbocycles. The highest BCUT2D eigenvalue weighted by molar-refractivity contribution is 7.19. The number of thiophene rings is 1. The molecular formula is C20H21FN2O4S. The lowest BCUT2D eigenvalue weighted by Gasteiger charge is -2.14. The Labute approximate surface area is 165 Å². The van der Waals surface area contributed by atoms with Gasteiger partial charge in [-0.2, -0.15) is 0 Å². The topological polar surface area (TPSA) is 70.4 Å². The zero-order valence-corrected chi connectivity index (χ0v) is 16.7. The number of ether oxygens (including phenoxy) is 2. The summed E-state index contributed by atoms with van der Waals surface area (Å²) in [6.45, 7) is 6.30. The molecule has 3 rings (SSSR count). The first-order valence-electron chi connectivity index (χ1n) is 8.94. The summed E-state index contributed by atoms with van der Waals surface area (Å²) in [4.78, 5) is 31.3. The first kappa shape index (κ1) is 20.2. The van der Waals surface area contributed by atoms with Crippen molar-refractivity contribution in [3.05, 3.63) is 51.6 Å². The fraction of sp³-hybridized carbons (Fsp3) is 0.350. The molecule has 0 spiro atoms. The molecule has 0 saturated carbocycles. The summed E-state index contributed by atoms with van der Waals surface area (Å²) in [5.41, 5.74) is 1.11. The average molecular weight is 404 g/mol. The Morgan fingerprint density at radius 3 is 2.68 bits per heavy atom. The summed E-state index contributed by atoms with van der Waals surface area (Å²) < 4.78 is 24.9. The van der Waals surface area contributed by atoms with Crippen LogP contribution in [0.15, 0.2) is 35.4 Å². The van der Waals surface area contributed by atoms with E-state index >= 15 is 0 Å². The molecule has 3 aromatic rings. The molecule has 1 atom stereocenters. The van der Waals surface area contributed by atoms with Gasteiger partial charge in [-0.25, -0.2) is 14.2 Å². The van der Waals surface area contributed by atoms with E-state index in [4.69, 9.17) is 9.47 Å². The van der Waals surface area contributed by atoms with Crippen molar-refractivity contribution in [2.75, 3.05) is 19.8 Å². The average Bonchev–Trinajstić information content (AvgIpc) is 3.02. The number of carbonyl (C=O) groups excluding carboxylic acids is 1. The fourth-order valence-electron chi connectivity index (χ4n) is 2.94. The van der Waals surface area contributed by atoms with E-state index in [1.807, 2.05) is 13.8 Å². The van der Waals surface area contributed by atoms with Gasteiger partial charge in [0.05, 0.1) is 18.3 Å². The largest absolute Gasteiger partial charge is 0.462 e. The van der Waals surface area contributed by atoms with Crippen LogP contribution in [0.25, 0.3) is 21.3 Å². The van der Waals surface area contributed by atoms with Gasteiger partial charge in [0.2, 0.25) is 0 Å². The summed E-state index contributed by atoms with van der Waals surface area (Å²) in [6.07, 6.45) is 1.36. The van der Waals surface area contributed by atoms with E-state index in [1.54, 1.807) is 19.1 Å². The summed E-state index contributed by atoms with van der Waals surface area (Å²) in [5, 5.41) is 0.422. The maximum absolute atomic E-state index is 13.3. The highest BCUT2D eigenvalue weighted by Gasteiger charge is 2.22. The molecule has 0 aliphatic heterocycles. The predicted molar refractivity (Wildman–Crippen MR) is 106 cm³/mol. The number of hydrogen-bond donors (Lipinski definition) is 0. The van der Waals surface area contributed by atoms with E-state index in [2.05, 4.69) is 4.98 Å². The van der Waals surface area contributed by atoms with Gasteiger partial charge in [0.15, 0.2) is 0 Å². The Kier molecular flexibility index (Phi) is 6.21. The zero-order chi connectivity index (χ0) is 20.3. The van der Waals surface area contributed by atoms with E-state index < -0.39 is 12.0 Å². The minimum absolute atomic E-state index is 0.125. The standard InChI is InChI=1S/C20H21FN2O4S/c1-4-26-9-10-27-20(25)12(2)23-11-22-18-17(19(23)24)16(13(3)28-18)14-5-7-15(21)8-6-14/h5-8,11-12H,4,9-10H2,1-3H3/t12-/m0/s1. The molecule has 0 fully saturated rings. The van der Waals surface area contributed by atoms with Crippen LogP contribution in [-0.2, 0) is 14.3 Å². The van der Waals surface area contributed by atoms with Gasteiger partial charge < -0.3 is 9.47 Å². The van der Waals surface area contributed by atoms with Crippen LogP contribution in [0.3, 0.4) is 0 Å². The van der Waals surface area contributed by atoms with E-state index in [0.29, 0.717) is 29.0 Å². The maximum atomic E-state index is 13.3. The third-order valence-corrected chi connectivity index (χ3v) is 5.39. The number of aromatic nitrogens is 2. The summed E-state index contributed by atoms with van der Waals surface area (Å²) in [7, 11) is 0. The molecule has 0 saturated heterocycles. The lowest BCUT2D eigenvalue weighted by atomic mass is 10.0. The van der Waals surface area contributed by atoms with Crippen molar-refractivity contribution in [1.82, 2.24) is 9.55 Å². The number of fused-ring (bicyclic) bond motifs is 1. The maximum Gasteiger partial charge on any atom is 0.329 e. The molecule has 0 radical (unpaired) electrons. The SMILES string of the molecule is CCOCCOC(=O)[C@H](C)n1cnc2sc(C)c(-c3ccc(F)cc3)c2c1=O. The van der Waals surface area contributed by atoms with Crippen molar-refractivity contribution in [3.63, 3.8) is 0 Å². The minimum atomic E-state index is -0.827. The van der Waals surface area contributed by atoms with Crippen molar-refractivity contribution < 1.29 is 18.7 Å². The van der Waals surface area contributed by atoms with Crippen LogP contribution in [0.5, 0.6) is 0 Å². The number of esters is 1. The Morgan fingerprint density at radius 2 is 2.00 bits per heavy atom. The molecular weight excluding hydrogens is 383 g/mol. The lowest BCUT2D eigenvalue weighted by molar-refractivity contribution is -0.148. The Morgan fingerprint density at radius 1 is 1.29 bits per heavy atom. The van der Waals surface area contributed by atoms with Crippen LogP contribution in [0, 0.1) is 12.7 Å². The van der Waals surface area contributed by atoms with Crippen molar-refractivity contribution in [2.45, 2.75) is 26.8 Å². The second-order valence-corrected chi connectivity index (χ2v) is 7.42. The van der Waals surface area contributed by atoms with Gasteiger partial charge in [-0.05, 0) is 38.5 Å². The lowest BCUT2D eigenvalue weighted by Crippen LogP contribution is -2.30. The Bertz CT molecular complexity index is 1040. The molecule has 0 N–H and O–H groups in total. The molecule has 2 aromatic heterocycles. The molecule has 0 aliphatic rings. The molecule has 6 nitrogen and oxygen atoms in total. The molecule has 28 heavy (non-hydrogen) atoms. The number of halogens is 1. The van der Waals surface area contributed by atoms with E-state index in [9.17, 15) is 14.0 Å². The fourth-order valence-corrected chi connectivity index (χ4v) is 3.94. The Balaban J connectivity index is 1.98. The number of hydrogen-bond acceptors (Lipinski definition) is 6. The van der Waals surface area contributed by atoms with Crippen LogP contribution in [0.1, 0.15) is 24.8 Å². The van der Waals surface area contributed by atoms with Gasteiger partial charge in [-0.1, -0.05) is 12.1 Å². The molecule has 1 aromatic carbocycles. The van der Waals surface area contributed by atoms with Crippen LogP contribution in [0.2, 0.25) is 0 Å². The van der Waals surface area contributed by atoms with Crippen molar-refractivity contribution in [2.24, 2.45) is 0 Å². The highest BCUT2D eigenvalue weighted by atomic mass is 32.1. The van der Waals surface area contributed by atoms with Crippen LogP contribution >= 0.6 is 11.3 Å². The van der Waals surface area contributed by atoms with Gasteiger partial charge in [0, 0.05) is 17.0 Å². The van der Waals surface area contributed by atoms with Crippen LogP contribution in [-0.4, -0.2) is 35.3 Å². The van der Waals surface area contributed by atoms with Crippen LogP contribution in [0.4, 0.5) is 4.39 Å². The first-order chi connectivity index (χ1) is 13.4. The second-order valence-electron chi connectivity index (χ2n) is 6.22. The second kappa shape index (κ2) is 8.62. The molecule has 0 unspecified atom stereocenters. The quantitative estimate of drug-likeness (QED) is 0.443. The van der Waals surface area contributed by atoms with E-state index in [1.165, 1.54) is 34.4 Å². The van der Waals surface area contributed by atoms with E-state index in [0.717, 1.165) is 10.4 Å². The number of benzene rings is 1. The summed E-state index contributed by atoms with van der Waals surface area (Å²) >= 11 is 1.39. The van der Waals surface area contributed by atoms with Crippen molar-refractivity contribution in [1.29, 1.82) is 0 Å². The zero-order valence-electron chi connectivity index (χ0n) is 15.9. The normalized spacial score (nSPS) is 12.3. The van der Waals surface area contributed by atoms with Gasteiger partial charge in [-0.15, -0.1) is 11.3 Å². The van der Waals surface area contributed by atoms with Crippen molar-refractivity contribution >= 4 is 27.5 Å². The predicted octanol–water partition coefficient (Wildman–Crippen LogP) is 3.71. The number of aryl methyl sites for hydroxylation is 1. The van der Waals surface area contributed by atoms with Gasteiger partial charge in [0.25, 0.3) is 5.56 Å². The molecule has 0 amide bonds. The molecule has 8 heteroatoms.